The summed E-state index contributed by atoms with van der Waals surface area (Å²) >= 11 is 0. The maximum atomic E-state index is 13.5. The minimum atomic E-state index is -0.574. The summed E-state index contributed by atoms with van der Waals surface area (Å²) in [5.74, 6) is -0.0911. The van der Waals surface area contributed by atoms with Crippen LogP contribution in [0.4, 0.5) is 4.39 Å². The maximum Gasteiger partial charge on any atom is 0.242 e. The maximum absolute atomic E-state index is 13.5. The van der Waals surface area contributed by atoms with Crippen molar-refractivity contribution in [3.8, 4) is 0 Å². The summed E-state index contributed by atoms with van der Waals surface area (Å²) in [5, 5.41) is 13.4. The lowest BCUT2D eigenvalue weighted by Crippen LogP contribution is -2.33. The number of nitrogens with one attached hydrogen (secondary N) is 1. The quantitative estimate of drug-likeness (QED) is 0.738. The van der Waals surface area contributed by atoms with E-state index in [2.05, 4.69) is 25.8 Å². The Labute approximate surface area is 131 Å². The highest BCUT2D eigenvalue weighted by Gasteiger charge is 2.21. The average molecular weight is 315 g/mol. The molecule has 3 aromatic rings. The summed E-state index contributed by atoms with van der Waals surface area (Å²) in [7, 11) is 1.81. The van der Waals surface area contributed by atoms with E-state index in [-0.39, 0.29) is 18.3 Å². The lowest BCUT2D eigenvalue weighted by molar-refractivity contribution is -0.122. The van der Waals surface area contributed by atoms with Gasteiger partial charge in [-0.15, -0.1) is 5.10 Å². The second-order valence-electron chi connectivity index (χ2n) is 4.96. The Hall–Kier alpha value is -3.10. The van der Waals surface area contributed by atoms with Gasteiger partial charge in [0, 0.05) is 19.4 Å². The summed E-state index contributed by atoms with van der Waals surface area (Å²) in [4.78, 5) is 16.5. The van der Waals surface area contributed by atoms with Gasteiger partial charge in [0.15, 0.2) is 0 Å². The SMILES string of the molecule is Cn1ccnc1[C@H](NC(=O)Cn1cnnn1)c1cccc(F)c1. The first-order valence-corrected chi connectivity index (χ1v) is 6.86. The van der Waals surface area contributed by atoms with E-state index in [9.17, 15) is 9.18 Å². The summed E-state index contributed by atoms with van der Waals surface area (Å²) in [6.07, 6.45) is 4.72. The fourth-order valence-corrected chi connectivity index (χ4v) is 2.24. The van der Waals surface area contributed by atoms with Gasteiger partial charge in [-0.1, -0.05) is 12.1 Å². The minimum Gasteiger partial charge on any atom is -0.340 e. The van der Waals surface area contributed by atoms with Gasteiger partial charge in [0.05, 0.1) is 0 Å². The van der Waals surface area contributed by atoms with Crippen LogP contribution in [0.5, 0.6) is 0 Å². The molecule has 0 aliphatic rings. The Morgan fingerprint density at radius 2 is 2.30 bits per heavy atom. The zero-order chi connectivity index (χ0) is 16.2. The fourth-order valence-electron chi connectivity index (χ4n) is 2.24. The van der Waals surface area contributed by atoms with E-state index in [4.69, 9.17) is 0 Å². The van der Waals surface area contributed by atoms with Gasteiger partial charge in [0.25, 0.3) is 0 Å². The number of halogens is 1. The van der Waals surface area contributed by atoms with Crippen molar-refractivity contribution in [1.82, 2.24) is 35.1 Å². The molecule has 2 aromatic heterocycles. The van der Waals surface area contributed by atoms with Gasteiger partial charge in [0.2, 0.25) is 5.91 Å². The molecule has 9 heteroatoms. The van der Waals surface area contributed by atoms with E-state index in [0.717, 1.165) is 0 Å². The van der Waals surface area contributed by atoms with Crippen LogP contribution < -0.4 is 5.32 Å². The highest BCUT2D eigenvalue weighted by atomic mass is 19.1. The Bertz CT molecular complexity index is 799. The van der Waals surface area contributed by atoms with Crippen LogP contribution in [0.3, 0.4) is 0 Å². The monoisotopic (exact) mass is 315 g/mol. The smallest absolute Gasteiger partial charge is 0.242 e. The van der Waals surface area contributed by atoms with Gasteiger partial charge in [-0.25, -0.2) is 14.1 Å². The molecule has 1 amide bonds. The third kappa shape index (κ3) is 3.39. The zero-order valence-electron chi connectivity index (χ0n) is 12.3. The van der Waals surface area contributed by atoms with Crippen LogP contribution >= 0.6 is 0 Å². The predicted molar refractivity (Wildman–Crippen MR) is 77.4 cm³/mol. The van der Waals surface area contributed by atoms with Crippen LogP contribution in [0, 0.1) is 5.82 Å². The molecular weight excluding hydrogens is 301 g/mol. The molecular formula is C14H14FN7O. The first kappa shape index (κ1) is 14.8. The summed E-state index contributed by atoms with van der Waals surface area (Å²) < 4.78 is 16.6. The van der Waals surface area contributed by atoms with Crippen molar-refractivity contribution in [1.29, 1.82) is 0 Å². The van der Waals surface area contributed by atoms with Gasteiger partial charge in [-0.05, 0) is 28.1 Å². The van der Waals surface area contributed by atoms with Crippen LogP contribution in [0.2, 0.25) is 0 Å². The van der Waals surface area contributed by atoms with Crippen LogP contribution in [0.1, 0.15) is 17.4 Å². The van der Waals surface area contributed by atoms with E-state index < -0.39 is 6.04 Å². The van der Waals surface area contributed by atoms with Gasteiger partial charge in [-0.3, -0.25) is 4.79 Å². The summed E-state index contributed by atoms with van der Waals surface area (Å²) in [6.45, 7) is -0.0385. The third-order valence-electron chi connectivity index (χ3n) is 3.30. The Morgan fingerprint density at radius 1 is 1.43 bits per heavy atom. The van der Waals surface area contributed by atoms with Crippen molar-refractivity contribution in [2.24, 2.45) is 7.05 Å². The predicted octanol–water partition coefficient (Wildman–Crippen LogP) is 0.451. The van der Waals surface area contributed by atoms with Crippen molar-refractivity contribution in [3.05, 3.63) is 60.2 Å². The number of amides is 1. The Balaban J connectivity index is 1.86. The van der Waals surface area contributed by atoms with E-state index in [1.165, 1.54) is 23.1 Å². The second kappa shape index (κ2) is 6.34. The lowest BCUT2D eigenvalue weighted by atomic mass is 10.1. The number of carbonyl (C=O) groups is 1. The molecule has 0 aliphatic carbocycles. The third-order valence-corrected chi connectivity index (χ3v) is 3.30. The number of tetrazole rings is 1. The summed E-state index contributed by atoms with van der Waals surface area (Å²) in [5.41, 5.74) is 0.601. The lowest BCUT2D eigenvalue weighted by Gasteiger charge is -2.19. The number of rotatable bonds is 5. The zero-order valence-corrected chi connectivity index (χ0v) is 12.3. The molecule has 3 rings (SSSR count). The van der Waals surface area contributed by atoms with Crippen molar-refractivity contribution in [2.45, 2.75) is 12.6 Å². The highest BCUT2D eigenvalue weighted by molar-refractivity contribution is 5.76. The number of hydrogen-bond acceptors (Lipinski definition) is 5. The van der Waals surface area contributed by atoms with E-state index in [0.29, 0.717) is 11.4 Å². The van der Waals surface area contributed by atoms with Crippen LogP contribution in [-0.2, 0) is 18.4 Å². The Morgan fingerprint density at radius 3 is 2.96 bits per heavy atom. The van der Waals surface area contributed by atoms with Crippen LogP contribution in [0.15, 0.2) is 43.0 Å². The largest absolute Gasteiger partial charge is 0.340 e. The fraction of sp³-hybridized carbons (Fsp3) is 0.214. The first-order chi connectivity index (χ1) is 11.1. The molecule has 23 heavy (non-hydrogen) atoms. The topological polar surface area (TPSA) is 90.5 Å². The highest BCUT2D eigenvalue weighted by Crippen LogP contribution is 2.21. The molecule has 0 spiro atoms. The van der Waals surface area contributed by atoms with Crippen LogP contribution in [0.25, 0.3) is 0 Å². The molecule has 0 saturated carbocycles. The van der Waals surface area contributed by atoms with E-state index in [1.54, 1.807) is 29.1 Å². The number of nitrogens with zero attached hydrogens (tertiary/aromatic N) is 6. The molecule has 2 heterocycles. The van der Waals surface area contributed by atoms with Gasteiger partial charge < -0.3 is 9.88 Å². The molecule has 1 N–H and O–H groups in total. The number of aryl methyl sites for hydroxylation is 1. The summed E-state index contributed by atoms with van der Waals surface area (Å²) in [6, 6.07) is 5.47. The van der Waals surface area contributed by atoms with Crippen LogP contribution in [-0.4, -0.2) is 35.7 Å². The van der Waals surface area contributed by atoms with Crippen molar-refractivity contribution in [2.75, 3.05) is 0 Å². The Kier molecular flexibility index (Phi) is 4.09. The molecule has 0 unspecified atom stereocenters. The normalized spacial score (nSPS) is 12.1. The number of carbonyl (C=O) groups excluding carboxylic acids is 1. The molecule has 0 bridgehead atoms. The molecule has 1 atom stereocenters. The molecule has 1 aromatic carbocycles. The van der Waals surface area contributed by atoms with Gasteiger partial charge >= 0.3 is 0 Å². The van der Waals surface area contributed by atoms with Gasteiger partial charge in [0.1, 0.15) is 30.6 Å². The number of aromatic nitrogens is 6. The molecule has 0 fully saturated rings. The van der Waals surface area contributed by atoms with Crippen molar-refractivity contribution < 1.29 is 9.18 Å². The number of hydrogen-bond donors (Lipinski definition) is 1. The van der Waals surface area contributed by atoms with E-state index >= 15 is 0 Å². The van der Waals surface area contributed by atoms with Crippen molar-refractivity contribution in [3.63, 3.8) is 0 Å². The number of benzene rings is 1. The first-order valence-electron chi connectivity index (χ1n) is 6.86. The molecule has 0 saturated heterocycles. The average Bonchev–Trinajstić information content (AvgIpc) is 3.16. The van der Waals surface area contributed by atoms with E-state index in [1.807, 2.05) is 7.05 Å². The molecule has 8 nitrogen and oxygen atoms in total. The number of imidazole rings is 1. The standard InChI is InChI=1S/C14H14FN7O/c1-21-6-5-16-14(21)13(10-3-2-4-11(15)7-10)18-12(23)8-22-9-17-19-20-22/h2-7,9,13H,8H2,1H3,(H,18,23)/t13-/m1/s1. The van der Waals surface area contributed by atoms with Crippen molar-refractivity contribution >= 4 is 5.91 Å². The van der Waals surface area contributed by atoms with Gasteiger partial charge in [-0.2, -0.15) is 0 Å². The molecule has 0 radical (unpaired) electrons. The molecule has 118 valence electrons. The minimum absolute atomic E-state index is 0.0385. The second-order valence-corrected chi connectivity index (χ2v) is 4.96. The molecule has 0 aliphatic heterocycles.